The first-order valence-electron chi connectivity index (χ1n) is 6.21. The van der Waals surface area contributed by atoms with E-state index >= 15 is 0 Å². The minimum atomic E-state index is -0.596. The summed E-state index contributed by atoms with van der Waals surface area (Å²) in [7, 11) is 1.60. The van der Waals surface area contributed by atoms with Crippen molar-refractivity contribution >= 4 is 17.3 Å². The molecule has 108 valence electrons. The van der Waals surface area contributed by atoms with E-state index in [4.69, 9.17) is 21.1 Å². The zero-order chi connectivity index (χ0) is 14.5. The molecule has 0 heterocycles. The van der Waals surface area contributed by atoms with Gasteiger partial charge in [0.1, 0.15) is 5.75 Å². The van der Waals surface area contributed by atoms with E-state index in [1.54, 1.807) is 25.3 Å². The molecule has 0 spiro atoms. The van der Waals surface area contributed by atoms with Crippen molar-refractivity contribution in [2.24, 2.45) is 0 Å². The molecule has 4 nitrogen and oxygen atoms in total. The van der Waals surface area contributed by atoms with Gasteiger partial charge in [0.15, 0.2) is 0 Å². The maximum absolute atomic E-state index is 9.83. The highest BCUT2D eigenvalue weighted by Gasteiger charge is 2.14. The molecule has 0 saturated carbocycles. The van der Waals surface area contributed by atoms with Gasteiger partial charge in [0, 0.05) is 12.6 Å². The maximum atomic E-state index is 9.83. The number of aliphatic hydroxyl groups is 1. The van der Waals surface area contributed by atoms with Crippen molar-refractivity contribution in [2.75, 3.05) is 25.6 Å². The number of anilines is 1. The van der Waals surface area contributed by atoms with Gasteiger partial charge in [0.2, 0.25) is 0 Å². The van der Waals surface area contributed by atoms with Crippen LogP contribution in [0.1, 0.15) is 20.8 Å². The molecule has 1 unspecified atom stereocenters. The Kier molecular flexibility index (Phi) is 5.91. The van der Waals surface area contributed by atoms with Crippen LogP contribution >= 0.6 is 11.6 Å². The van der Waals surface area contributed by atoms with Crippen molar-refractivity contribution in [1.29, 1.82) is 0 Å². The van der Waals surface area contributed by atoms with Crippen molar-refractivity contribution in [2.45, 2.75) is 32.5 Å². The molecule has 0 fully saturated rings. The lowest BCUT2D eigenvalue weighted by molar-refractivity contribution is -0.0449. The van der Waals surface area contributed by atoms with Crippen molar-refractivity contribution in [1.82, 2.24) is 0 Å². The zero-order valence-electron chi connectivity index (χ0n) is 11.9. The highest BCUT2D eigenvalue weighted by Crippen LogP contribution is 2.26. The summed E-state index contributed by atoms with van der Waals surface area (Å²) in [6.45, 7) is 6.49. The summed E-state index contributed by atoms with van der Waals surface area (Å²) >= 11 is 6.06. The largest absolute Gasteiger partial charge is 0.497 e. The average molecular weight is 288 g/mol. The van der Waals surface area contributed by atoms with E-state index < -0.39 is 6.10 Å². The standard InChI is InChI=1S/C14H22ClNO3/c1-14(2,3)19-9-10(17)8-16-13-7-11(18-4)5-6-12(13)15/h5-7,10,16-17H,8-9H2,1-4H3. The van der Waals surface area contributed by atoms with Crippen LogP contribution in [0.4, 0.5) is 5.69 Å². The second-order valence-electron chi connectivity index (χ2n) is 5.30. The van der Waals surface area contributed by atoms with Crippen molar-refractivity contribution < 1.29 is 14.6 Å². The summed E-state index contributed by atoms with van der Waals surface area (Å²) in [6, 6.07) is 5.33. The molecule has 2 N–H and O–H groups in total. The van der Waals surface area contributed by atoms with Gasteiger partial charge in [-0.2, -0.15) is 0 Å². The van der Waals surface area contributed by atoms with Gasteiger partial charge in [-0.25, -0.2) is 0 Å². The van der Waals surface area contributed by atoms with Crippen LogP contribution in [0.5, 0.6) is 5.75 Å². The van der Waals surface area contributed by atoms with Gasteiger partial charge in [-0.15, -0.1) is 0 Å². The van der Waals surface area contributed by atoms with Gasteiger partial charge in [0.05, 0.1) is 36.1 Å². The van der Waals surface area contributed by atoms with Crippen LogP contribution in [0, 0.1) is 0 Å². The van der Waals surface area contributed by atoms with Gasteiger partial charge >= 0.3 is 0 Å². The lowest BCUT2D eigenvalue weighted by Crippen LogP contribution is -2.30. The smallest absolute Gasteiger partial charge is 0.121 e. The Labute approximate surface area is 119 Å². The van der Waals surface area contributed by atoms with E-state index in [2.05, 4.69) is 5.32 Å². The Morgan fingerprint density at radius 3 is 2.63 bits per heavy atom. The predicted molar refractivity (Wildman–Crippen MR) is 78.2 cm³/mol. The van der Waals surface area contributed by atoms with Gasteiger partial charge in [-0.1, -0.05) is 11.6 Å². The second-order valence-corrected chi connectivity index (χ2v) is 5.71. The topological polar surface area (TPSA) is 50.7 Å². The van der Waals surface area contributed by atoms with Gasteiger partial charge in [-0.3, -0.25) is 0 Å². The number of halogens is 1. The summed E-state index contributed by atoms with van der Waals surface area (Å²) in [6.07, 6.45) is -0.596. The zero-order valence-corrected chi connectivity index (χ0v) is 12.6. The van der Waals surface area contributed by atoms with E-state index in [9.17, 15) is 5.11 Å². The van der Waals surface area contributed by atoms with Crippen LogP contribution in [-0.2, 0) is 4.74 Å². The third-order valence-electron chi connectivity index (χ3n) is 2.41. The Balaban J connectivity index is 2.47. The maximum Gasteiger partial charge on any atom is 0.121 e. The van der Waals surface area contributed by atoms with Crippen LogP contribution in [0.2, 0.25) is 5.02 Å². The van der Waals surface area contributed by atoms with Gasteiger partial charge < -0.3 is 19.9 Å². The second kappa shape index (κ2) is 6.98. The molecule has 0 aliphatic heterocycles. The Morgan fingerprint density at radius 2 is 2.05 bits per heavy atom. The molecule has 1 atom stereocenters. The fourth-order valence-electron chi connectivity index (χ4n) is 1.40. The summed E-state index contributed by atoms with van der Waals surface area (Å²) < 4.78 is 10.6. The quantitative estimate of drug-likeness (QED) is 0.845. The fraction of sp³-hybridized carbons (Fsp3) is 0.571. The van der Waals surface area contributed by atoms with Gasteiger partial charge in [0.25, 0.3) is 0 Å². The molecule has 0 saturated heterocycles. The Bertz CT molecular complexity index is 404. The number of nitrogens with one attached hydrogen (secondary N) is 1. The van der Waals surface area contributed by atoms with Crippen molar-refractivity contribution in [3.63, 3.8) is 0 Å². The average Bonchev–Trinajstić information content (AvgIpc) is 2.34. The fourth-order valence-corrected chi connectivity index (χ4v) is 1.58. The van der Waals surface area contributed by atoms with Crippen LogP contribution < -0.4 is 10.1 Å². The molecule has 1 aromatic rings. The highest BCUT2D eigenvalue weighted by atomic mass is 35.5. The summed E-state index contributed by atoms with van der Waals surface area (Å²) in [4.78, 5) is 0. The summed E-state index contributed by atoms with van der Waals surface area (Å²) in [5, 5.41) is 13.5. The molecule has 5 heteroatoms. The van der Waals surface area contributed by atoms with E-state index in [1.807, 2.05) is 20.8 Å². The van der Waals surface area contributed by atoms with Gasteiger partial charge in [-0.05, 0) is 32.9 Å². The van der Waals surface area contributed by atoms with Crippen molar-refractivity contribution in [3.8, 4) is 5.75 Å². The lowest BCUT2D eigenvalue weighted by atomic mass is 10.2. The first-order chi connectivity index (χ1) is 8.81. The third kappa shape index (κ3) is 6.14. The molecule has 0 amide bonds. The highest BCUT2D eigenvalue weighted by molar-refractivity contribution is 6.33. The molecule has 0 aliphatic carbocycles. The van der Waals surface area contributed by atoms with Crippen molar-refractivity contribution in [3.05, 3.63) is 23.2 Å². The van der Waals surface area contributed by atoms with Crippen LogP contribution in [0.3, 0.4) is 0 Å². The lowest BCUT2D eigenvalue weighted by Gasteiger charge is -2.22. The molecular weight excluding hydrogens is 266 g/mol. The molecule has 0 aromatic heterocycles. The number of methoxy groups -OCH3 is 1. The first-order valence-corrected chi connectivity index (χ1v) is 6.59. The number of ether oxygens (including phenoxy) is 2. The van der Waals surface area contributed by atoms with E-state index in [0.29, 0.717) is 17.3 Å². The van der Waals surface area contributed by atoms with E-state index in [-0.39, 0.29) is 12.2 Å². The SMILES string of the molecule is COc1ccc(Cl)c(NCC(O)COC(C)(C)C)c1. The number of hydrogen-bond acceptors (Lipinski definition) is 4. The van der Waals surface area contributed by atoms with Crippen LogP contribution in [0.15, 0.2) is 18.2 Å². The predicted octanol–water partition coefficient (Wildman–Crippen LogP) is 2.94. The van der Waals surface area contributed by atoms with E-state index in [0.717, 1.165) is 5.69 Å². The first kappa shape index (κ1) is 16.1. The Hall–Kier alpha value is -0.970. The number of hydrogen-bond donors (Lipinski definition) is 2. The normalized spacial score (nSPS) is 13.2. The molecule has 0 radical (unpaired) electrons. The molecule has 19 heavy (non-hydrogen) atoms. The summed E-state index contributed by atoms with van der Waals surface area (Å²) in [5.41, 5.74) is 0.477. The molecule has 1 aromatic carbocycles. The third-order valence-corrected chi connectivity index (χ3v) is 2.74. The molecule has 0 bridgehead atoms. The number of benzene rings is 1. The van der Waals surface area contributed by atoms with Crippen LogP contribution in [0.25, 0.3) is 0 Å². The minimum absolute atomic E-state index is 0.255. The van der Waals surface area contributed by atoms with E-state index in [1.165, 1.54) is 0 Å². The monoisotopic (exact) mass is 287 g/mol. The van der Waals surface area contributed by atoms with Crippen LogP contribution in [-0.4, -0.2) is 37.1 Å². The Morgan fingerprint density at radius 1 is 1.37 bits per heavy atom. The number of aliphatic hydroxyl groups excluding tert-OH is 1. The molecular formula is C14H22ClNO3. The molecule has 1 rings (SSSR count). The molecule has 0 aliphatic rings. The number of rotatable bonds is 6. The minimum Gasteiger partial charge on any atom is -0.497 e. The summed E-state index contributed by atoms with van der Waals surface area (Å²) in [5.74, 6) is 0.715.